The van der Waals surface area contributed by atoms with Crippen LogP contribution in [0, 0.1) is 0 Å². The van der Waals surface area contributed by atoms with E-state index in [4.69, 9.17) is 4.74 Å². The van der Waals surface area contributed by atoms with Gasteiger partial charge in [-0.05, 0) is 25.3 Å². The minimum Gasteiger partial charge on any atom is -0.466 e. The second-order valence-corrected chi connectivity index (χ2v) is 6.40. The van der Waals surface area contributed by atoms with Crippen LogP contribution in [-0.4, -0.2) is 39.8 Å². The number of aromatic amines is 1. The molecule has 0 bridgehead atoms. The average molecular weight is 349 g/mol. The maximum absolute atomic E-state index is 12.1. The number of nitrogens with zero attached hydrogens (tertiary/aromatic N) is 2. The lowest BCUT2D eigenvalue weighted by Crippen LogP contribution is -2.41. The molecule has 2 aromatic rings. The molecule has 9 heteroatoms. The zero-order valence-corrected chi connectivity index (χ0v) is 14.1. The number of aromatic nitrogens is 3. The number of amides is 2. The molecule has 2 aromatic heterocycles. The van der Waals surface area contributed by atoms with Gasteiger partial charge in [0.15, 0.2) is 5.13 Å². The summed E-state index contributed by atoms with van der Waals surface area (Å²) in [5, 5.41) is 14.9. The standard InChI is InChI=1S/C15H19N5O3S/c1-2-23-13(21)6-11-8-24-15(18-11)19-14(22)17-10-4-3-9-7-16-20-12(9)5-10/h7-8,10H,2-6H2,1H3,(H,16,20)(H2,17,18,19,22). The van der Waals surface area contributed by atoms with Crippen molar-refractivity contribution in [1.29, 1.82) is 0 Å². The van der Waals surface area contributed by atoms with Gasteiger partial charge in [-0.25, -0.2) is 9.78 Å². The Labute approximate surface area is 143 Å². The van der Waals surface area contributed by atoms with Gasteiger partial charge in [-0.1, -0.05) is 0 Å². The highest BCUT2D eigenvalue weighted by Crippen LogP contribution is 2.19. The molecule has 128 valence electrons. The van der Waals surface area contributed by atoms with Gasteiger partial charge in [-0.15, -0.1) is 11.3 Å². The highest BCUT2D eigenvalue weighted by molar-refractivity contribution is 7.13. The third-order valence-electron chi connectivity index (χ3n) is 3.76. The Kier molecular flexibility index (Phi) is 5.09. The SMILES string of the molecule is CCOC(=O)Cc1csc(NC(=O)NC2CCc3cn[nH]c3C2)n1. The lowest BCUT2D eigenvalue weighted by atomic mass is 9.94. The molecule has 2 heterocycles. The van der Waals surface area contributed by atoms with Crippen molar-refractivity contribution in [3.05, 3.63) is 28.5 Å². The van der Waals surface area contributed by atoms with Gasteiger partial charge in [0.1, 0.15) is 0 Å². The first-order valence-electron chi connectivity index (χ1n) is 7.82. The van der Waals surface area contributed by atoms with E-state index in [9.17, 15) is 9.59 Å². The minimum absolute atomic E-state index is 0.0666. The van der Waals surface area contributed by atoms with Crippen LogP contribution in [0.15, 0.2) is 11.6 Å². The number of hydrogen-bond acceptors (Lipinski definition) is 6. The number of carbonyl (C=O) groups is 2. The molecule has 0 spiro atoms. The normalized spacial score (nSPS) is 16.3. The van der Waals surface area contributed by atoms with Gasteiger partial charge in [0.05, 0.1) is 24.9 Å². The van der Waals surface area contributed by atoms with Gasteiger partial charge < -0.3 is 10.1 Å². The van der Waals surface area contributed by atoms with Crippen LogP contribution >= 0.6 is 11.3 Å². The van der Waals surface area contributed by atoms with Crippen molar-refractivity contribution in [3.8, 4) is 0 Å². The summed E-state index contributed by atoms with van der Waals surface area (Å²) in [6.07, 6.45) is 4.48. The summed E-state index contributed by atoms with van der Waals surface area (Å²) in [7, 11) is 0. The highest BCUT2D eigenvalue weighted by Gasteiger charge is 2.21. The molecule has 3 rings (SSSR count). The molecular formula is C15H19N5O3S. The van der Waals surface area contributed by atoms with Crippen molar-refractivity contribution in [2.75, 3.05) is 11.9 Å². The topological polar surface area (TPSA) is 109 Å². The number of esters is 1. The second kappa shape index (κ2) is 7.43. The Morgan fingerprint density at radius 2 is 2.38 bits per heavy atom. The number of anilines is 1. The quantitative estimate of drug-likeness (QED) is 0.711. The second-order valence-electron chi connectivity index (χ2n) is 5.54. The number of thiazole rings is 1. The van der Waals surface area contributed by atoms with Gasteiger partial charge in [-0.2, -0.15) is 5.10 Å². The molecule has 8 nitrogen and oxygen atoms in total. The van der Waals surface area contributed by atoms with Crippen molar-refractivity contribution in [3.63, 3.8) is 0 Å². The fourth-order valence-corrected chi connectivity index (χ4v) is 3.36. The van der Waals surface area contributed by atoms with Crippen molar-refractivity contribution < 1.29 is 14.3 Å². The number of H-pyrrole nitrogens is 1. The van der Waals surface area contributed by atoms with Gasteiger partial charge in [0, 0.05) is 23.5 Å². The number of nitrogens with one attached hydrogen (secondary N) is 3. The van der Waals surface area contributed by atoms with Crippen LogP contribution in [0.3, 0.4) is 0 Å². The number of urea groups is 1. The number of aryl methyl sites for hydroxylation is 1. The summed E-state index contributed by atoms with van der Waals surface area (Å²) in [5.74, 6) is -0.323. The fraction of sp³-hybridized carbons (Fsp3) is 0.467. The molecule has 0 saturated carbocycles. The summed E-state index contributed by atoms with van der Waals surface area (Å²) in [6, 6.07) is -0.225. The molecule has 0 radical (unpaired) electrons. The number of fused-ring (bicyclic) bond motifs is 1. The van der Waals surface area contributed by atoms with Crippen molar-refractivity contribution >= 4 is 28.5 Å². The van der Waals surface area contributed by atoms with E-state index in [1.807, 2.05) is 6.20 Å². The largest absolute Gasteiger partial charge is 0.466 e. The van der Waals surface area contributed by atoms with E-state index in [-0.39, 0.29) is 24.5 Å². The molecule has 0 aliphatic heterocycles. The molecule has 1 atom stereocenters. The van der Waals surface area contributed by atoms with Gasteiger partial charge in [-0.3, -0.25) is 15.2 Å². The molecule has 0 aromatic carbocycles. The van der Waals surface area contributed by atoms with E-state index < -0.39 is 0 Å². The smallest absolute Gasteiger partial charge is 0.321 e. The Balaban J connectivity index is 1.49. The number of hydrogen-bond donors (Lipinski definition) is 3. The van der Waals surface area contributed by atoms with Crippen molar-refractivity contribution in [1.82, 2.24) is 20.5 Å². The first kappa shape index (κ1) is 16.4. The van der Waals surface area contributed by atoms with Gasteiger partial charge >= 0.3 is 12.0 Å². The highest BCUT2D eigenvalue weighted by atomic mass is 32.1. The van der Waals surface area contributed by atoms with Crippen LogP contribution in [0.1, 0.15) is 30.3 Å². The molecule has 0 fully saturated rings. The van der Waals surface area contributed by atoms with E-state index >= 15 is 0 Å². The summed E-state index contributed by atoms with van der Waals surface area (Å²) in [5.41, 5.74) is 2.89. The first-order valence-corrected chi connectivity index (χ1v) is 8.70. The predicted octanol–water partition coefficient (Wildman–Crippen LogP) is 1.65. The van der Waals surface area contributed by atoms with E-state index in [2.05, 4.69) is 25.8 Å². The molecule has 2 amide bonds. The van der Waals surface area contributed by atoms with Crippen LogP contribution in [0.4, 0.5) is 9.93 Å². The maximum Gasteiger partial charge on any atom is 0.321 e. The molecular weight excluding hydrogens is 330 g/mol. The third-order valence-corrected chi connectivity index (χ3v) is 4.56. The van der Waals surface area contributed by atoms with Crippen LogP contribution in [0.5, 0.6) is 0 Å². The monoisotopic (exact) mass is 349 g/mol. The van der Waals surface area contributed by atoms with Crippen LogP contribution < -0.4 is 10.6 Å². The zero-order chi connectivity index (χ0) is 16.9. The average Bonchev–Trinajstić information content (AvgIpc) is 3.16. The Hall–Kier alpha value is -2.42. The lowest BCUT2D eigenvalue weighted by molar-refractivity contribution is -0.142. The number of rotatable bonds is 5. The van der Waals surface area contributed by atoms with E-state index in [1.54, 1.807) is 12.3 Å². The molecule has 3 N–H and O–H groups in total. The van der Waals surface area contributed by atoms with Crippen LogP contribution in [0.25, 0.3) is 0 Å². The molecule has 24 heavy (non-hydrogen) atoms. The number of carbonyl (C=O) groups excluding carboxylic acids is 2. The molecule has 0 saturated heterocycles. The minimum atomic E-state index is -0.323. The third kappa shape index (κ3) is 4.10. The summed E-state index contributed by atoms with van der Waals surface area (Å²) in [6.45, 7) is 2.10. The maximum atomic E-state index is 12.1. The fourth-order valence-electron chi connectivity index (χ4n) is 2.66. The first-order chi connectivity index (χ1) is 11.6. The van der Waals surface area contributed by atoms with E-state index in [1.165, 1.54) is 16.9 Å². The number of ether oxygens (including phenoxy) is 1. The van der Waals surface area contributed by atoms with Crippen LogP contribution in [-0.2, 0) is 28.8 Å². The Morgan fingerprint density at radius 1 is 1.50 bits per heavy atom. The molecule has 1 unspecified atom stereocenters. The lowest BCUT2D eigenvalue weighted by Gasteiger charge is -2.22. The van der Waals surface area contributed by atoms with Crippen molar-refractivity contribution in [2.24, 2.45) is 0 Å². The van der Waals surface area contributed by atoms with Crippen molar-refractivity contribution in [2.45, 2.75) is 38.6 Å². The summed E-state index contributed by atoms with van der Waals surface area (Å²) < 4.78 is 4.88. The molecule has 1 aliphatic carbocycles. The van der Waals surface area contributed by atoms with Crippen LogP contribution in [0.2, 0.25) is 0 Å². The van der Waals surface area contributed by atoms with E-state index in [0.29, 0.717) is 17.4 Å². The predicted molar refractivity (Wildman–Crippen MR) is 89.0 cm³/mol. The van der Waals surface area contributed by atoms with Gasteiger partial charge in [0.2, 0.25) is 0 Å². The van der Waals surface area contributed by atoms with Gasteiger partial charge in [0.25, 0.3) is 0 Å². The Bertz CT molecular complexity index is 726. The summed E-state index contributed by atoms with van der Waals surface area (Å²) in [4.78, 5) is 27.7. The molecule has 1 aliphatic rings. The zero-order valence-electron chi connectivity index (χ0n) is 13.3. The Morgan fingerprint density at radius 3 is 3.21 bits per heavy atom. The summed E-state index contributed by atoms with van der Waals surface area (Å²) >= 11 is 1.28. The van der Waals surface area contributed by atoms with E-state index in [0.717, 1.165) is 25.0 Å².